The number of hydrogen-bond donors (Lipinski definition) is 4. The van der Waals surface area contributed by atoms with Gasteiger partial charge in [-0.15, -0.1) is 0 Å². The first kappa shape index (κ1) is 31.4. The number of carbonyl (C=O) groups excluding carboxylic acids is 1. The lowest BCUT2D eigenvalue weighted by Crippen LogP contribution is -2.46. The molecule has 2 aromatic rings. The summed E-state index contributed by atoms with van der Waals surface area (Å²) in [5.74, 6) is 0.254. The molecule has 12 nitrogen and oxygen atoms in total. The molecule has 0 amide bonds. The number of aliphatic hydroxyl groups excluding tert-OH is 1. The van der Waals surface area contributed by atoms with E-state index >= 15 is 0 Å². The fourth-order valence-corrected chi connectivity index (χ4v) is 6.02. The standard InChI is InChI=1S/C25H37N4O8PS/c1-5-24(2,3)22(31)39-14-13-35-38(34,27-15-17-9-7-6-8-10-17)36-16-18-20(30)25(4,33)21(37-18)29-12-11-19(26)28-23(29)32/h6-12,18,20-21,30,33H,5,13-16H2,1-4H3,(H,27,34)(H2,26,28,32)/t18?,20-,21-,25-,38?/m1/s1. The van der Waals surface area contributed by atoms with Gasteiger partial charge in [0.2, 0.25) is 0 Å². The molecular weight excluding hydrogens is 547 g/mol. The van der Waals surface area contributed by atoms with Gasteiger partial charge in [-0.05, 0) is 25.0 Å². The third-order valence-electron chi connectivity index (χ3n) is 6.60. The number of hydrogen-bond acceptors (Lipinski definition) is 11. The Hall–Kier alpha value is -2.09. The Bertz CT molecular complexity index is 1230. The van der Waals surface area contributed by atoms with E-state index in [-0.39, 0.29) is 29.8 Å². The summed E-state index contributed by atoms with van der Waals surface area (Å²) in [7, 11) is -3.97. The SMILES string of the molecule is CCC(C)(C)C(=O)SCCOP(=O)(NCc1ccccc1)OCC1O[C@@H](n2ccc(N)nc2=O)[C@](C)(O)[C@@H]1O. The Labute approximate surface area is 231 Å². The lowest BCUT2D eigenvalue weighted by molar-refractivity contribution is -0.118. The molecule has 0 radical (unpaired) electrons. The van der Waals surface area contributed by atoms with Gasteiger partial charge in [0.25, 0.3) is 0 Å². The quantitative estimate of drug-likeness (QED) is 0.200. The molecule has 0 saturated carbocycles. The van der Waals surface area contributed by atoms with Crippen molar-refractivity contribution in [2.45, 2.75) is 64.7 Å². The molecule has 1 fully saturated rings. The van der Waals surface area contributed by atoms with Gasteiger partial charge in [-0.3, -0.25) is 18.4 Å². The van der Waals surface area contributed by atoms with Gasteiger partial charge in [0.15, 0.2) is 11.3 Å². The number of rotatable bonds is 13. The maximum atomic E-state index is 13.6. The molecule has 0 spiro atoms. The van der Waals surface area contributed by atoms with E-state index in [1.165, 1.54) is 19.2 Å². The summed E-state index contributed by atoms with van der Waals surface area (Å²) in [6, 6.07) is 10.5. The normalized spacial score (nSPS) is 24.9. The summed E-state index contributed by atoms with van der Waals surface area (Å²) in [6.07, 6.45) is -1.98. The number of carbonyl (C=O) groups is 1. The van der Waals surface area contributed by atoms with E-state index in [4.69, 9.17) is 19.5 Å². The average molecular weight is 585 g/mol. The molecule has 1 aromatic carbocycles. The van der Waals surface area contributed by atoms with Crippen LogP contribution in [0.25, 0.3) is 0 Å². The molecule has 2 unspecified atom stereocenters. The smallest absolute Gasteiger partial charge is 0.387 e. The van der Waals surface area contributed by atoms with E-state index in [1.807, 2.05) is 51.1 Å². The monoisotopic (exact) mass is 584 g/mol. The van der Waals surface area contributed by atoms with Crippen LogP contribution in [0.2, 0.25) is 0 Å². The van der Waals surface area contributed by atoms with E-state index < -0.39 is 49.5 Å². The highest BCUT2D eigenvalue weighted by Crippen LogP contribution is 2.46. The summed E-state index contributed by atoms with van der Waals surface area (Å²) in [5.41, 5.74) is 3.21. The summed E-state index contributed by atoms with van der Waals surface area (Å²) in [6.45, 7) is 6.65. The number of nitrogens with zero attached hydrogens (tertiary/aromatic N) is 2. The molecule has 216 valence electrons. The molecule has 39 heavy (non-hydrogen) atoms. The van der Waals surface area contributed by atoms with Crippen molar-refractivity contribution in [3.63, 3.8) is 0 Å². The molecule has 1 aliphatic heterocycles. The topological polar surface area (TPSA) is 175 Å². The Morgan fingerprint density at radius 2 is 2.00 bits per heavy atom. The third-order valence-corrected chi connectivity index (χ3v) is 9.34. The van der Waals surface area contributed by atoms with E-state index in [0.717, 1.165) is 21.9 Å². The molecule has 5 atom stereocenters. The zero-order chi connectivity index (χ0) is 28.8. The van der Waals surface area contributed by atoms with Crippen LogP contribution in [0.5, 0.6) is 0 Å². The molecule has 0 aliphatic carbocycles. The highest BCUT2D eigenvalue weighted by Gasteiger charge is 2.54. The van der Waals surface area contributed by atoms with Crippen LogP contribution in [0.1, 0.15) is 45.9 Å². The van der Waals surface area contributed by atoms with Gasteiger partial charge >= 0.3 is 13.4 Å². The second-order valence-corrected chi connectivity index (χ2v) is 13.0. The van der Waals surface area contributed by atoms with E-state index in [2.05, 4.69) is 10.1 Å². The number of benzene rings is 1. The van der Waals surface area contributed by atoms with Crippen LogP contribution in [0.15, 0.2) is 47.4 Å². The summed E-state index contributed by atoms with van der Waals surface area (Å²) < 4.78 is 31.6. The summed E-state index contributed by atoms with van der Waals surface area (Å²) >= 11 is 1.09. The number of anilines is 1. The fraction of sp³-hybridized carbons (Fsp3) is 0.560. The van der Waals surface area contributed by atoms with Crippen LogP contribution in [0.4, 0.5) is 5.82 Å². The van der Waals surface area contributed by atoms with Crippen LogP contribution in [-0.4, -0.2) is 61.7 Å². The molecular formula is C25H37N4O8PS. The zero-order valence-corrected chi connectivity index (χ0v) is 24.2. The van der Waals surface area contributed by atoms with Crippen LogP contribution >= 0.6 is 19.5 Å². The van der Waals surface area contributed by atoms with Crippen LogP contribution in [-0.2, 0) is 29.7 Å². The van der Waals surface area contributed by atoms with Crippen molar-refractivity contribution in [3.8, 4) is 0 Å². The first-order chi connectivity index (χ1) is 18.3. The summed E-state index contributed by atoms with van der Waals surface area (Å²) in [4.78, 5) is 28.3. The maximum Gasteiger partial charge on any atom is 0.405 e. The fourth-order valence-electron chi connectivity index (χ4n) is 3.70. The Balaban J connectivity index is 1.68. The van der Waals surface area contributed by atoms with Gasteiger partial charge in [-0.2, -0.15) is 4.98 Å². The van der Waals surface area contributed by atoms with Gasteiger partial charge in [-0.1, -0.05) is 62.9 Å². The van der Waals surface area contributed by atoms with Gasteiger partial charge in [-0.25, -0.2) is 14.4 Å². The Morgan fingerprint density at radius 3 is 2.64 bits per heavy atom. The number of aliphatic hydroxyl groups is 2. The van der Waals surface area contributed by atoms with Crippen molar-refractivity contribution >= 4 is 30.4 Å². The van der Waals surface area contributed by atoms with Crippen molar-refractivity contribution in [2.75, 3.05) is 24.7 Å². The first-order valence-electron chi connectivity index (χ1n) is 12.5. The third kappa shape index (κ3) is 7.99. The highest BCUT2D eigenvalue weighted by atomic mass is 32.2. The lowest BCUT2D eigenvalue weighted by atomic mass is 9.92. The minimum Gasteiger partial charge on any atom is -0.387 e. The van der Waals surface area contributed by atoms with Crippen molar-refractivity contribution in [2.24, 2.45) is 5.41 Å². The minimum atomic E-state index is -3.97. The van der Waals surface area contributed by atoms with Gasteiger partial charge in [0.05, 0.1) is 13.2 Å². The number of ether oxygens (including phenoxy) is 1. The number of nitrogens with one attached hydrogen (secondary N) is 1. The van der Waals surface area contributed by atoms with Crippen molar-refractivity contribution in [3.05, 3.63) is 58.6 Å². The number of thioether (sulfide) groups is 1. The second kappa shape index (κ2) is 13.0. The van der Waals surface area contributed by atoms with Crippen LogP contribution in [0.3, 0.4) is 0 Å². The van der Waals surface area contributed by atoms with Crippen molar-refractivity contribution in [1.29, 1.82) is 0 Å². The predicted molar refractivity (Wildman–Crippen MR) is 148 cm³/mol. The molecule has 1 aromatic heterocycles. The second-order valence-electron chi connectivity index (χ2n) is 10.1. The van der Waals surface area contributed by atoms with Crippen LogP contribution < -0.4 is 16.5 Å². The maximum absolute atomic E-state index is 13.6. The van der Waals surface area contributed by atoms with Crippen molar-refractivity contribution in [1.82, 2.24) is 14.6 Å². The first-order valence-corrected chi connectivity index (χ1v) is 15.1. The minimum absolute atomic E-state index is 0.00440. The molecule has 0 bridgehead atoms. The number of nitrogen functional groups attached to an aromatic ring is 1. The van der Waals surface area contributed by atoms with Gasteiger partial charge in [0.1, 0.15) is 23.6 Å². The van der Waals surface area contributed by atoms with E-state index in [1.54, 1.807) is 0 Å². The molecule has 5 N–H and O–H groups in total. The largest absolute Gasteiger partial charge is 0.405 e. The highest BCUT2D eigenvalue weighted by molar-refractivity contribution is 8.13. The number of aromatic nitrogens is 2. The predicted octanol–water partition coefficient (Wildman–Crippen LogP) is 2.46. The lowest BCUT2D eigenvalue weighted by Gasteiger charge is -2.27. The molecule has 3 rings (SSSR count). The molecule has 2 heterocycles. The molecule has 14 heteroatoms. The molecule has 1 aliphatic rings. The average Bonchev–Trinajstić information content (AvgIpc) is 3.13. The number of nitrogens with two attached hydrogens (primary N) is 1. The van der Waals surface area contributed by atoms with Crippen molar-refractivity contribution < 1.29 is 33.4 Å². The Morgan fingerprint density at radius 1 is 1.31 bits per heavy atom. The summed E-state index contributed by atoms with van der Waals surface area (Å²) in [5, 5.41) is 24.5. The van der Waals surface area contributed by atoms with E-state index in [0.29, 0.717) is 6.42 Å². The van der Waals surface area contributed by atoms with E-state index in [9.17, 15) is 24.4 Å². The molecule has 1 saturated heterocycles. The van der Waals surface area contributed by atoms with Gasteiger partial charge in [0, 0.05) is 23.9 Å². The Kier molecular flexibility index (Phi) is 10.5. The van der Waals surface area contributed by atoms with Gasteiger partial charge < -0.3 is 20.7 Å². The van der Waals surface area contributed by atoms with Crippen LogP contribution in [0, 0.1) is 5.41 Å². The zero-order valence-electron chi connectivity index (χ0n) is 22.5.